The number of nitrogens with one attached hydrogen (secondary N) is 1. The van der Waals surface area contributed by atoms with Crippen LogP contribution in [0.15, 0.2) is 54.6 Å². The largest absolute Gasteiger partial charge is 0.465 e. The number of esters is 1. The third-order valence-corrected chi connectivity index (χ3v) is 8.71. The van der Waals surface area contributed by atoms with Crippen LogP contribution in [-0.2, 0) is 32.1 Å². The van der Waals surface area contributed by atoms with E-state index in [2.05, 4.69) is 19.2 Å². The van der Waals surface area contributed by atoms with E-state index in [1.54, 1.807) is 18.0 Å². The molecule has 240 valence electrons. The van der Waals surface area contributed by atoms with E-state index in [-0.39, 0.29) is 42.3 Å². The second kappa shape index (κ2) is 16.8. The predicted octanol–water partition coefficient (Wildman–Crippen LogP) is 5.61. The number of carbonyl (C=O) groups is 4. The summed E-state index contributed by atoms with van der Waals surface area (Å²) in [7, 11) is 3.16. The number of carbonyl (C=O) groups excluding carboxylic acids is 4. The molecule has 0 aliphatic carbocycles. The first kappa shape index (κ1) is 34.6. The van der Waals surface area contributed by atoms with Crippen LogP contribution in [0.3, 0.4) is 0 Å². The van der Waals surface area contributed by atoms with E-state index in [1.807, 2.05) is 62.4 Å². The lowest BCUT2D eigenvalue weighted by molar-refractivity contribution is -0.140. The number of ether oxygens (including phenoxy) is 2. The van der Waals surface area contributed by atoms with E-state index in [9.17, 15) is 19.2 Å². The van der Waals surface area contributed by atoms with Crippen molar-refractivity contribution in [2.24, 2.45) is 11.8 Å². The summed E-state index contributed by atoms with van der Waals surface area (Å²) < 4.78 is 10.4. The molecule has 3 rings (SSSR count). The first-order valence-corrected chi connectivity index (χ1v) is 15.8. The summed E-state index contributed by atoms with van der Waals surface area (Å²) in [6.07, 6.45) is 3.67. The van der Waals surface area contributed by atoms with Crippen LogP contribution in [0.25, 0.3) is 0 Å². The molecule has 1 heterocycles. The van der Waals surface area contributed by atoms with Crippen LogP contribution in [0.4, 0.5) is 4.79 Å². The summed E-state index contributed by atoms with van der Waals surface area (Å²) in [5, 5.41) is 3.04. The topological polar surface area (TPSA) is 105 Å². The molecule has 44 heavy (non-hydrogen) atoms. The van der Waals surface area contributed by atoms with Gasteiger partial charge in [-0.2, -0.15) is 0 Å². The number of methoxy groups -OCH3 is 1. The van der Waals surface area contributed by atoms with Gasteiger partial charge in [0.2, 0.25) is 11.8 Å². The van der Waals surface area contributed by atoms with E-state index < -0.39 is 18.2 Å². The van der Waals surface area contributed by atoms with Gasteiger partial charge in [-0.25, -0.2) is 9.59 Å². The van der Waals surface area contributed by atoms with Crippen molar-refractivity contribution in [3.8, 4) is 0 Å². The highest BCUT2D eigenvalue weighted by atomic mass is 16.6. The SMILES string of the molecule is CC[C@H](C)[C@H](NC(=O)[C@H]1CCCCN1C(=O)OCc1ccccc1)C(=O)N(C)[C@H](CCc1cccc(C(=O)OC)c1)C(C)C. The Morgan fingerprint density at radius 2 is 1.70 bits per heavy atom. The predicted molar refractivity (Wildman–Crippen MR) is 170 cm³/mol. The van der Waals surface area contributed by atoms with Crippen LogP contribution in [0, 0.1) is 11.8 Å². The van der Waals surface area contributed by atoms with E-state index in [4.69, 9.17) is 9.47 Å². The lowest BCUT2D eigenvalue weighted by Crippen LogP contribution is -2.59. The first-order valence-electron chi connectivity index (χ1n) is 15.8. The highest BCUT2D eigenvalue weighted by Gasteiger charge is 2.38. The van der Waals surface area contributed by atoms with Crippen molar-refractivity contribution < 1.29 is 28.7 Å². The summed E-state index contributed by atoms with van der Waals surface area (Å²) >= 11 is 0. The number of nitrogens with zero attached hydrogens (tertiary/aromatic N) is 2. The molecule has 0 bridgehead atoms. The molecule has 1 aliphatic heterocycles. The highest BCUT2D eigenvalue weighted by Crippen LogP contribution is 2.23. The summed E-state index contributed by atoms with van der Waals surface area (Å²) in [6, 6.07) is 15.3. The Balaban J connectivity index is 1.70. The molecular formula is C35H49N3O6. The van der Waals surface area contributed by atoms with Gasteiger partial charge in [-0.1, -0.05) is 76.6 Å². The number of likely N-dealkylation sites (tertiary alicyclic amines) is 1. The second-order valence-electron chi connectivity index (χ2n) is 12.1. The van der Waals surface area contributed by atoms with Crippen molar-refractivity contribution >= 4 is 23.9 Å². The molecule has 1 saturated heterocycles. The van der Waals surface area contributed by atoms with Crippen molar-refractivity contribution in [1.82, 2.24) is 15.1 Å². The van der Waals surface area contributed by atoms with Gasteiger partial charge in [0.25, 0.3) is 0 Å². The van der Waals surface area contributed by atoms with Crippen LogP contribution in [0.2, 0.25) is 0 Å². The Bertz CT molecular complexity index is 1250. The molecule has 0 unspecified atom stereocenters. The average Bonchev–Trinajstić information content (AvgIpc) is 3.05. The lowest BCUT2D eigenvalue weighted by atomic mass is 9.92. The number of hydrogen-bond donors (Lipinski definition) is 1. The molecule has 2 aromatic carbocycles. The quantitative estimate of drug-likeness (QED) is 0.297. The maximum Gasteiger partial charge on any atom is 0.410 e. The third-order valence-electron chi connectivity index (χ3n) is 8.71. The molecule has 3 amide bonds. The number of piperidine rings is 1. The standard InChI is InChI=1S/C35H49N3O6/c1-7-25(4)31(33(40)37(5)29(24(2)3)20-19-26-16-13-17-28(22-26)34(41)43-6)36-32(39)30-18-11-12-21-38(30)35(42)44-23-27-14-9-8-10-15-27/h8-10,13-17,22,24-25,29-31H,7,11-12,18-21,23H2,1-6H3,(H,36,39)/t25-,29+,30+,31-/m0/s1. The number of benzene rings is 2. The van der Waals surface area contributed by atoms with Crippen LogP contribution in [-0.4, -0.2) is 72.5 Å². The fourth-order valence-electron chi connectivity index (χ4n) is 5.80. The lowest BCUT2D eigenvalue weighted by Gasteiger charge is -2.38. The fourth-order valence-corrected chi connectivity index (χ4v) is 5.80. The summed E-state index contributed by atoms with van der Waals surface area (Å²) in [5.41, 5.74) is 2.36. The van der Waals surface area contributed by atoms with Gasteiger partial charge in [0.15, 0.2) is 0 Å². The Morgan fingerprint density at radius 1 is 1.00 bits per heavy atom. The molecule has 1 fully saturated rings. The van der Waals surface area contributed by atoms with Gasteiger partial charge in [-0.15, -0.1) is 0 Å². The molecule has 2 aromatic rings. The van der Waals surface area contributed by atoms with E-state index in [0.717, 1.165) is 24.0 Å². The van der Waals surface area contributed by atoms with E-state index >= 15 is 0 Å². The number of hydrogen-bond acceptors (Lipinski definition) is 6. The first-order chi connectivity index (χ1) is 21.1. The van der Waals surface area contributed by atoms with Gasteiger partial charge in [-0.05, 0) is 67.2 Å². The maximum atomic E-state index is 14.0. The molecule has 4 atom stereocenters. The Morgan fingerprint density at radius 3 is 2.36 bits per heavy atom. The van der Waals surface area contributed by atoms with Crippen LogP contribution >= 0.6 is 0 Å². The molecule has 0 saturated carbocycles. The Labute approximate surface area is 262 Å². The van der Waals surface area contributed by atoms with Gasteiger partial charge >= 0.3 is 12.1 Å². The minimum absolute atomic E-state index is 0.0908. The second-order valence-corrected chi connectivity index (χ2v) is 12.1. The molecule has 0 radical (unpaired) electrons. The average molecular weight is 608 g/mol. The summed E-state index contributed by atoms with van der Waals surface area (Å²) in [5.74, 6) is -0.805. The van der Waals surface area contributed by atoms with E-state index in [1.165, 1.54) is 12.0 Å². The summed E-state index contributed by atoms with van der Waals surface area (Å²) in [4.78, 5) is 56.0. The van der Waals surface area contributed by atoms with Crippen LogP contribution < -0.4 is 5.32 Å². The number of aryl methyl sites for hydroxylation is 1. The van der Waals surface area contributed by atoms with Crippen molar-refractivity contribution in [2.45, 2.75) is 91.0 Å². The van der Waals surface area contributed by atoms with Crippen LogP contribution in [0.1, 0.15) is 81.3 Å². The number of amides is 3. The minimum Gasteiger partial charge on any atom is -0.465 e. The van der Waals surface area contributed by atoms with Crippen molar-refractivity contribution in [3.63, 3.8) is 0 Å². The monoisotopic (exact) mass is 607 g/mol. The van der Waals surface area contributed by atoms with Gasteiger partial charge < -0.3 is 19.7 Å². The summed E-state index contributed by atoms with van der Waals surface area (Å²) in [6.45, 7) is 8.69. The molecule has 0 aromatic heterocycles. The molecule has 1 aliphatic rings. The number of rotatable bonds is 13. The minimum atomic E-state index is -0.731. The molecule has 9 heteroatoms. The van der Waals surface area contributed by atoms with Gasteiger partial charge in [-0.3, -0.25) is 14.5 Å². The Kier molecular flexibility index (Phi) is 13.2. The normalized spacial score (nSPS) is 16.9. The smallest absolute Gasteiger partial charge is 0.410 e. The Hall–Kier alpha value is -3.88. The van der Waals surface area contributed by atoms with Crippen LogP contribution in [0.5, 0.6) is 0 Å². The molecule has 1 N–H and O–H groups in total. The van der Waals surface area contributed by atoms with Crippen molar-refractivity contribution in [1.29, 1.82) is 0 Å². The number of likely N-dealkylation sites (N-methyl/N-ethyl adjacent to an activating group) is 1. The third kappa shape index (κ3) is 9.31. The molecule has 0 spiro atoms. The zero-order chi connectivity index (χ0) is 32.2. The zero-order valence-corrected chi connectivity index (χ0v) is 27.1. The highest BCUT2D eigenvalue weighted by molar-refractivity contribution is 5.92. The van der Waals surface area contributed by atoms with E-state index in [0.29, 0.717) is 37.8 Å². The fraction of sp³-hybridized carbons (Fsp3) is 0.543. The van der Waals surface area contributed by atoms with Gasteiger partial charge in [0.1, 0.15) is 18.7 Å². The van der Waals surface area contributed by atoms with Gasteiger partial charge in [0.05, 0.1) is 12.7 Å². The van der Waals surface area contributed by atoms with Gasteiger partial charge in [0, 0.05) is 19.6 Å². The molecular weight excluding hydrogens is 558 g/mol. The maximum absolute atomic E-state index is 14.0. The molecule has 9 nitrogen and oxygen atoms in total. The van der Waals surface area contributed by atoms with Crippen molar-refractivity contribution in [3.05, 3.63) is 71.3 Å². The van der Waals surface area contributed by atoms with Crippen molar-refractivity contribution in [2.75, 3.05) is 20.7 Å². The zero-order valence-electron chi connectivity index (χ0n) is 27.1.